The second-order valence-corrected chi connectivity index (χ2v) is 5.50. The number of aryl methyl sites for hydroxylation is 2. The maximum absolute atomic E-state index is 10.7. The molecule has 0 N–H and O–H groups in total. The van der Waals surface area contributed by atoms with Crippen LogP contribution in [0.1, 0.15) is 30.4 Å². The molecule has 1 nitrogen and oxygen atoms in total. The fourth-order valence-corrected chi connectivity index (χ4v) is 2.55. The summed E-state index contributed by atoms with van der Waals surface area (Å²) in [6.07, 6.45) is 3.34. The molecule has 0 unspecified atom stereocenters. The largest absolute Gasteiger partial charge is 0.281 e. The summed E-state index contributed by atoms with van der Waals surface area (Å²) in [4.78, 5) is 10.7. The van der Waals surface area contributed by atoms with E-state index in [1.165, 1.54) is 22.3 Å². The zero-order valence-electron chi connectivity index (χ0n) is 11.7. The van der Waals surface area contributed by atoms with E-state index < -0.39 is 0 Å². The Kier molecular flexibility index (Phi) is 5.37. The summed E-state index contributed by atoms with van der Waals surface area (Å²) in [6, 6.07) is 17.0. The maximum Gasteiger partial charge on any atom is 0.221 e. The average Bonchev–Trinajstić information content (AvgIpc) is 2.44. The molecule has 0 saturated heterocycles. The van der Waals surface area contributed by atoms with Crippen molar-refractivity contribution in [2.75, 3.05) is 0 Å². The second kappa shape index (κ2) is 7.25. The predicted molar refractivity (Wildman–Crippen MR) is 85.0 cm³/mol. The summed E-state index contributed by atoms with van der Waals surface area (Å²) in [5, 5.41) is -0.236. The van der Waals surface area contributed by atoms with Gasteiger partial charge in [0.25, 0.3) is 0 Å². The van der Waals surface area contributed by atoms with E-state index in [4.69, 9.17) is 11.6 Å². The lowest BCUT2D eigenvalue weighted by Crippen LogP contribution is -1.91. The van der Waals surface area contributed by atoms with Gasteiger partial charge in [-0.1, -0.05) is 48.5 Å². The summed E-state index contributed by atoms with van der Waals surface area (Å²) in [7, 11) is 0. The Hall–Kier alpha value is -1.60. The standard InChI is InChI=1S/C18H19ClO/c1-14-13-15(7-5-6-10-18(19)20)11-12-17(14)16-8-3-2-4-9-16/h2-4,8-9,11-13H,5-7,10H2,1H3. The van der Waals surface area contributed by atoms with Gasteiger partial charge in [-0.3, -0.25) is 4.79 Å². The van der Waals surface area contributed by atoms with E-state index >= 15 is 0 Å². The molecule has 0 saturated carbocycles. The van der Waals surface area contributed by atoms with Crippen LogP contribution < -0.4 is 0 Å². The first-order valence-electron chi connectivity index (χ1n) is 7.00. The minimum absolute atomic E-state index is 0.236. The molecule has 2 aromatic carbocycles. The van der Waals surface area contributed by atoms with Crippen molar-refractivity contribution in [3.63, 3.8) is 0 Å². The Bertz CT molecular complexity index is 575. The van der Waals surface area contributed by atoms with Gasteiger partial charge in [0.1, 0.15) is 0 Å². The first-order valence-corrected chi connectivity index (χ1v) is 7.38. The van der Waals surface area contributed by atoms with Crippen LogP contribution in [0, 0.1) is 6.92 Å². The molecule has 0 aromatic heterocycles. The van der Waals surface area contributed by atoms with E-state index in [1.54, 1.807) is 0 Å². The molecule has 0 aliphatic rings. The highest BCUT2D eigenvalue weighted by atomic mass is 35.5. The number of halogens is 1. The molecular formula is C18H19ClO. The molecule has 2 heteroatoms. The summed E-state index contributed by atoms with van der Waals surface area (Å²) in [6.45, 7) is 2.15. The Labute approximate surface area is 125 Å². The molecule has 0 aliphatic heterocycles. The molecular weight excluding hydrogens is 268 g/mol. The van der Waals surface area contributed by atoms with E-state index in [2.05, 4.69) is 49.4 Å². The molecule has 0 radical (unpaired) electrons. The lowest BCUT2D eigenvalue weighted by atomic mass is 9.96. The van der Waals surface area contributed by atoms with Crippen molar-refractivity contribution in [2.24, 2.45) is 0 Å². The quantitative estimate of drug-likeness (QED) is 0.531. The lowest BCUT2D eigenvalue weighted by Gasteiger charge is -2.09. The Morgan fingerprint density at radius 1 is 1.05 bits per heavy atom. The van der Waals surface area contributed by atoms with Crippen LogP contribution >= 0.6 is 11.6 Å². The second-order valence-electron chi connectivity index (χ2n) is 5.08. The number of hydrogen-bond donors (Lipinski definition) is 0. The highest BCUT2D eigenvalue weighted by Gasteiger charge is 2.03. The van der Waals surface area contributed by atoms with E-state index in [-0.39, 0.29) is 5.24 Å². The van der Waals surface area contributed by atoms with Gasteiger partial charge in [0.15, 0.2) is 0 Å². The number of unbranched alkanes of at least 4 members (excludes halogenated alkanes) is 1. The summed E-state index contributed by atoms with van der Waals surface area (Å²) < 4.78 is 0. The van der Waals surface area contributed by atoms with Crippen LogP contribution in [0.15, 0.2) is 48.5 Å². The molecule has 0 fully saturated rings. The van der Waals surface area contributed by atoms with Crippen molar-refractivity contribution in [1.29, 1.82) is 0 Å². The first-order chi connectivity index (χ1) is 9.66. The van der Waals surface area contributed by atoms with Crippen molar-refractivity contribution >= 4 is 16.8 Å². The van der Waals surface area contributed by atoms with Crippen LogP contribution in [0.25, 0.3) is 11.1 Å². The smallest absolute Gasteiger partial charge is 0.221 e. The van der Waals surface area contributed by atoms with Crippen LogP contribution in [0.5, 0.6) is 0 Å². The minimum Gasteiger partial charge on any atom is -0.281 e. The van der Waals surface area contributed by atoms with E-state index in [0.29, 0.717) is 6.42 Å². The number of carbonyl (C=O) groups excluding carboxylic acids is 1. The normalized spacial score (nSPS) is 10.5. The van der Waals surface area contributed by atoms with Gasteiger partial charge in [-0.05, 0) is 60.0 Å². The topological polar surface area (TPSA) is 17.1 Å². The Morgan fingerprint density at radius 2 is 1.80 bits per heavy atom. The minimum atomic E-state index is -0.236. The van der Waals surface area contributed by atoms with Crippen molar-refractivity contribution in [3.8, 4) is 11.1 Å². The van der Waals surface area contributed by atoms with Crippen LogP contribution in [-0.2, 0) is 11.2 Å². The van der Waals surface area contributed by atoms with E-state index in [0.717, 1.165) is 19.3 Å². The van der Waals surface area contributed by atoms with Crippen LogP contribution in [0.4, 0.5) is 0 Å². The van der Waals surface area contributed by atoms with Crippen LogP contribution in [0.2, 0.25) is 0 Å². The Morgan fingerprint density at radius 3 is 2.45 bits per heavy atom. The predicted octanol–water partition coefficient (Wildman–Crippen LogP) is 5.14. The zero-order chi connectivity index (χ0) is 14.4. The molecule has 0 spiro atoms. The van der Waals surface area contributed by atoms with Crippen molar-refractivity contribution in [3.05, 3.63) is 59.7 Å². The molecule has 0 bridgehead atoms. The van der Waals surface area contributed by atoms with Crippen molar-refractivity contribution in [2.45, 2.75) is 32.6 Å². The number of hydrogen-bond acceptors (Lipinski definition) is 1. The van der Waals surface area contributed by atoms with Gasteiger partial charge < -0.3 is 0 Å². The molecule has 104 valence electrons. The van der Waals surface area contributed by atoms with Gasteiger partial charge in [-0.2, -0.15) is 0 Å². The monoisotopic (exact) mass is 286 g/mol. The third kappa shape index (κ3) is 4.21. The molecule has 0 amide bonds. The maximum atomic E-state index is 10.7. The first kappa shape index (κ1) is 14.8. The molecule has 2 rings (SSSR count). The number of benzene rings is 2. The van der Waals surface area contributed by atoms with Crippen LogP contribution in [-0.4, -0.2) is 5.24 Å². The van der Waals surface area contributed by atoms with Crippen molar-refractivity contribution in [1.82, 2.24) is 0 Å². The zero-order valence-corrected chi connectivity index (χ0v) is 12.5. The van der Waals surface area contributed by atoms with Gasteiger partial charge in [-0.25, -0.2) is 0 Å². The SMILES string of the molecule is Cc1cc(CCCCC(=O)Cl)ccc1-c1ccccc1. The molecule has 20 heavy (non-hydrogen) atoms. The van der Waals surface area contributed by atoms with Gasteiger partial charge in [0.05, 0.1) is 0 Å². The molecule has 0 atom stereocenters. The van der Waals surface area contributed by atoms with Crippen molar-refractivity contribution < 1.29 is 4.79 Å². The molecule has 0 heterocycles. The number of carbonyl (C=O) groups is 1. The van der Waals surface area contributed by atoms with Gasteiger partial charge in [0.2, 0.25) is 5.24 Å². The highest BCUT2D eigenvalue weighted by molar-refractivity contribution is 6.63. The third-order valence-corrected chi connectivity index (χ3v) is 3.65. The fourth-order valence-electron chi connectivity index (χ4n) is 2.42. The van der Waals surface area contributed by atoms with Gasteiger partial charge in [0, 0.05) is 6.42 Å². The summed E-state index contributed by atoms with van der Waals surface area (Å²) in [5.74, 6) is 0. The summed E-state index contributed by atoms with van der Waals surface area (Å²) in [5.41, 5.74) is 5.15. The third-order valence-electron chi connectivity index (χ3n) is 3.46. The fraction of sp³-hybridized carbons (Fsp3) is 0.278. The number of rotatable bonds is 6. The molecule has 0 aliphatic carbocycles. The van der Waals surface area contributed by atoms with E-state index in [9.17, 15) is 4.79 Å². The van der Waals surface area contributed by atoms with E-state index in [1.807, 2.05) is 6.07 Å². The Balaban J connectivity index is 2.01. The van der Waals surface area contributed by atoms with Crippen LogP contribution in [0.3, 0.4) is 0 Å². The van der Waals surface area contributed by atoms with Gasteiger partial charge >= 0.3 is 0 Å². The highest BCUT2D eigenvalue weighted by Crippen LogP contribution is 2.24. The molecule has 2 aromatic rings. The lowest BCUT2D eigenvalue weighted by molar-refractivity contribution is -0.111. The summed E-state index contributed by atoms with van der Waals surface area (Å²) >= 11 is 5.33. The average molecular weight is 287 g/mol. The van der Waals surface area contributed by atoms with Gasteiger partial charge in [-0.15, -0.1) is 0 Å².